The first-order valence-corrected chi connectivity index (χ1v) is 13.9. The molecule has 0 aliphatic carbocycles. The fourth-order valence-electron chi connectivity index (χ4n) is 4.78. The minimum atomic E-state index is -0.414. The van der Waals surface area contributed by atoms with Gasteiger partial charge in [-0.2, -0.15) is 0 Å². The maximum absolute atomic E-state index is 13.8. The summed E-state index contributed by atoms with van der Waals surface area (Å²) in [4.78, 5) is 14.2. The molecule has 7 nitrogen and oxygen atoms in total. The molecule has 46 heavy (non-hydrogen) atoms. The smallest absolute Gasteiger partial charge is 0.201 e. The molecular weight excluding hydrogens is 594 g/mol. The van der Waals surface area contributed by atoms with Crippen molar-refractivity contribution in [3.05, 3.63) is 139 Å². The zero-order valence-corrected chi connectivity index (χ0v) is 23.6. The molecule has 7 rings (SSSR count). The van der Waals surface area contributed by atoms with Crippen LogP contribution < -0.4 is 0 Å². The van der Waals surface area contributed by atoms with Gasteiger partial charge in [-0.15, -0.1) is 20.4 Å². The SMILES string of the molecule is Fc1ccc(-c2nnc(-c3cccc(-c4nnc(-c5ccc(F)cc5)c(-c5ccc(F)cc5)n4)n3)nc2-c2ccc(F)cc2)cc1. The van der Waals surface area contributed by atoms with E-state index < -0.39 is 23.3 Å². The van der Waals surface area contributed by atoms with Crippen molar-refractivity contribution < 1.29 is 17.6 Å². The highest BCUT2D eigenvalue weighted by Crippen LogP contribution is 2.32. The Hall–Kier alpha value is -6.23. The van der Waals surface area contributed by atoms with E-state index >= 15 is 0 Å². The van der Waals surface area contributed by atoms with Crippen LogP contribution in [-0.4, -0.2) is 35.3 Å². The van der Waals surface area contributed by atoms with Crippen molar-refractivity contribution in [3.63, 3.8) is 0 Å². The molecule has 11 heteroatoms. The predicted molar refractivity (Wildman–Crippen MR) is 163 cm³/mol. The Morgan fingerprint density at radius 3 is 0.935 bits per heavy atom. The largest absolute Gasteiger partial charge is 0.241 e. The van der Waals surface area contributed by atoms with Gasteiger partial charge in [0.05, 0.1) is 0 Å². The second-order valence-corrected chi connectivity index (χ2v) is 10.1. The summed E-state index contributed by atoms with van der Waals surface area (Å²) in [6.07, 6.45) is 0. The first-order chi connectivity index (χ1) is 22.4. The van der Waals surface area contributed by atoms with Gasteiger partial charge < -0.3 is 0 Å². The van der Waals surface area contributed by atoms with Gasteiger partial charge in [-0.25, -0.2) is 32.5 Å². The number of benzene rings is 4. The lowest BCUT2D eigenvalue weighted by Crippen LogP contribution is -2.03. The molecule has 222 valence electrons. The quantitative estimate of drug-likeness (QED) is 0.176. The van der Waals surface area contributed by atoms with Crippen molar-refractivity contribution in [2.75, 3.05) is 0 Å². The van der Waals surface area contributed by atoms with Crippen molar-refractivity contribution in [2.24, 2.45) is 0 Å². The molecule has 0 radical (unpaired) electrons. The van der Waals surface area contributed by atoms with Crippen LogP contribution in [0.25, 0.3) is 68.1 Å². The molecule has 3 aromatic heterocycles. The molecule has 7 aromatic rings. The Kier molecular flexibility index (Phi) is 7.47. The number of hydrogen-bond acceptors (Lipinski definition) is 7. The van der Waals surface area contributed by atoms with E-state index in [-0.39, 0.29) is 11.6 Å². The van der Waals surface area contributed by atoms with Gasteiger partial charge in [0, 0.05) is 22.3 Å². The fourth-order valence-corrected chi connectivity index (χ4v) is 4.78. The molecule has 0 aliphatic rings. The van der Waals surface area contributed by atoms with Crippen molar-refractivity contribution in [2.45, 2.75) is 0 Å². The normalized spacial score (nSPS) is 11.0. The Bertz CT molecular complexity index is 2020. The lowest BCUT2D eigenvalue weighted by Gasteiger charge is -2.11. The summed E-state index contributed by atoms with van der Waals surface area (Å²) in [5, 5.41) is 17.4. The molecule has 0 fully saturated rings. The predicted octanol–water partition coefficient (Wildman–Crippen LogP) is 8.01. The summed E-state index contributed by atoms with van der Waals surface area (Å²) < 4.78 is 54.8. The highest BCUT2D eigenvalue weighted by atomic mass is 19.1. The molecule has 4 aromatic carbocycles. The van der Waals surface area contributed by atoms with Crippen molar-refractivity contribution >= 4 is 0 Å². The molecule has 0 N–H and O–H groups in total. The number of hydrogen-bond donors (Lipinski definition) is 0. The van der Waals surface area contributed by atoms with E-state index in [2.05, 4.69) is 25.4 Å². The monoisotopic (exact) mass is 613 g/mol. The van der Waals surface area contributed by atoms with E-state index in [1.54, 1.807) is 66.7 Å². The average molecular weight is 614 g/mol. The highest BCUT2D eigenvalue weighted by Gasteiger charge is 2.19. The first kappa shape index (κ1) is 28.5. The molecule has 3 heterocycles. The Morgan fingerprint density at radius 2 is 0.609 bits per heavy atom. The lowest BCUT2D eigenvalue weighted by atomic mass is 10.0. The van der Waals surface area contributed by atoms with Gasteiger partial charge >= 0.3 is 0 Å². The number of pyridine rings is 1. The van der Waals surface area contributed by atoms with Crippen LogP contribution in [0.2, 0.25) is 0 Å². The van der Waals surface area contributed by atoms with Crippen LogP contribution in [0, 0.1) is 23.3 Å². The number of halogens is 4. The van der Waals surface area contributed by atoms with Gasteiger partial charge in [-0.1, -0.05) is 6.07 Å². The average Bonchev–Trinajstić information content (AvgIpc) is 3.09. The molecular formula is C35H19F4N7. The van der Waals surface area contributed by atoms with E-state index in [9.17, 15) is 17.6 Å². The third-order valence-corrected chi connectivity index (χ3v) is 7.05. The number of aromatic nitrogens is 7. The summed E-state index contributed by atoms with van der Waals surface area (Å²) in [6, 6.07) is 28.1. The Morgan fingerprint density at radius 1 is 0.304 bits per heavy atom. The summed E-state index contributed by atoms with van der Waals surface area (Å²) in [5.74, 6) is -1.31. The number of nitrogens with zero attached hydrogens (tertiary/aromatic N) is 7. The lowest BCUT2D eigenvalue weighted by molar-refractivity contribution is 0.627. The van der Waals surface area contributed by atoms with Gasteiger partial charge in [0.2, 0.25) is 11.6 Å². The summed E-state index contributed by atoms with van der Waals surface area (Å²) in [5.41, 5.74) is 4.50. The Balaban J connectivity index is 1.32. The standard InChI is InChI=1S/C35H19F4N7/c36-24-12-4-20(5-13-24)30-32(22-8-16-26(38)17-9-22)43-45-34(41-30)28-2-1-3-29(40-28)35-42-31(21-6-14-25(37)15-7-21)33(44-46-35)23-10-18-27(39)19-11-23/h1-19H. The molecule has 0 atom stereocenters. The fraction of sp³-hybridized carbons (Fsp3) is 0. The van der Waals surface area contributed by atoms with Crippen molar-refractivity contribution in [1.29, 1.82) is 0 Å². The molecule has 0 bridgehead atoms. The maximum Gasteiger partial charge on any atom is 0.201 e. The number of rotatable bonds is 6. The maximum atomic E-state index is 13.8. The van der Waals surface area contributed by atoms with Crippen molar-refractivity contribution in [3.8, 4) is 68.1 Å². The second-order valence-electron chi connectivity index (χ2n) is 10.1. The highest BCUT2D eigenvalue weighted by molar-refractivity contribution is 5.80. The molecule has 0 saturated carbocycles. The summed E-state index contributed by atoms with van der Waals surface area (Å²) >= 11 is 0. The van der Waals surface area contributed by atoms with Gasteiger partial charge in [0.15, 0.2) is 0 Å². The summed E-state index contributed by atoms with van der Waals surface area (Å²) in [6.45, 7) is 0. The van der Waals surface area contributed by atoms with E-state index in [4.69, 9.17) is 9.97 Å². The van der Waals surface area contributed by atoms with Crippen LogP contribution in [0.3, 0.4) is 0 Å². The van der Waals surface area contributed by atoms with Gasteiger partial charge in [0.1, 0.15) is 57.4 Å². The van der Waals surface area contributed by atoms with E-state index in [0.29, 0.717) is 56.4 Å². The zero-order chi connectivity index (χ0) is 31.6. The van der Waals surface area contributed by atoms with Crippen molar-refractivity contribution in [1.82, 2.24) is 35.3 Å². The minimum Gasteiger partial charge on any atom is -0.241 e. The van der Waals surface area contributed by atoms with Crippen LogP contribution in [0.5, 0.6) is 0 Å². The zero-order valence-electron chi connectivity index (χ0n) is 23.6. The summed E-state index contributed by atoms with van der Waals surface area (Å²) in [7, 11) is 0. The van der Waals surface area contributed by atoms with Crippen LogP contribution >= 0.6 is 0 Å². The molecule has 0 aliphatic heterocycles. The van der Waals surface area contributed by atoms with E-state index in [1.807, 2.05) is 0 Å². The third-order valence-electron chi connectivity index (χ3n) is 7.05. The van der Waals surface area contributed by atoms with Crippen LogP contribution in [0.15, 0.2) is 115 Å². The van der Waals surface area contributed by atoms with Crippen LogP contribution in [0.4, 0.5) is 17.6 Å². The van der Waals surface area contributed by atoms with Crippen LogP contribution in [0.1, 0.15) is 0 Å². The third kappa shape index (κ3) is 5.81. The van der Waals surface area contributed by atoms with E-state index in [0.717, 1.165) is 0 Å². The van der Waals surface area contributed by atoms with Crippen LogP contribution in [-0.2, 0) is 0 Å². The molecule has 0 amide bonds. The van der Waals surface area contributed by atoms with Gasteiger partial charge in [0.25, 0.3) is 0 Å². The second kappa shape index (κ2) is 12.0. The van der Waals surface area contributed by atoms with E-state index in [1.165, 1.54) is 48.5 Å². The molecule has 0 unspecified atom stereocenters. The molecule has 0 saturated heterocycles. The first-order valence-electron chi connectivity index (χ1n) is 13.9. The topological polar surface area (TPSA) is 90.2 Å². The molecule has 0 spiro atoms. The minimum absolute atomic E-state index is 0.168. The van der Waals surface area contributed by atoms with Gasteiger partial charge in [-0.3, -0.25) is 0 Å². The Labute approximate surface area is 259 Å². The van der Waals surface area contributed by atoms with Gasteiger partial charge in [-0.05, 0) is 109 Å².